The van der Waals surface area contributed by atoms with Crippen molar-refractivity contribution in [2.75, 3.05) is 39.8 Å². The molecule has 0 aliphatic heterocycles. The molecule has 7 nitrogen and oxygen atoms in total. The highest BCUT2D eigenvalue weighted by atomic mass is 127. The zero-order chi connectivity index (χ0) is 22.9. The Morgan fingerprint density at radius 1 is 0.938 bits per heavy atom. The molecular weight excluding hydrogens is 542 g/mol. The van der Waals surface area contributed by atoms with Gasteiger partial charge in [0.05, 0.1) is 20.8 Å². The van der Waals surface area contributed by atoms with Crippen molar-refractivity contribution in [3.63, 3.8) is 0 Å². The zero-order valence-corrected chi connectivity index (χ0v) is 20.5. The van der Waals surface area contributed by atoms with Crippen LogP contribution < -0.4 is 29.6 Å². The molecule has 2 N–H and O–H groups in total. The standard InChI is InChI=1S/C21H26F3N3O4.HI/c1-5-30-19-11-15(7-9-16(19)28-3)27-20(25-2)26-12-14-6-8-17(18(10-14)29-4)31-13-21(22,23)24;/h6-11H,5,12-13H2,1-4H3,(H2,25,26,27);1H. The maximum Gasteiger partial charge on any atom is 0.422 e. The maximum atomic E-state index is 12.4. The quantitative estimate of drug-likeness (QED) is 0.256. The van der Waals surface area contributed by atoms with Crippen LogP contribution in [0.25, 0.3) is 0 Å². The maximum absolute atomic E-state index is 12.4. The van der Waals surface area contributed by atoms with E-state index in [0.29, 0.717) is 30.6 Å². The van der Waals surface area contributed by atoms with Crippen LogP contribution in [0.5, 0.6) is 23.0 Å². The van der Waals surface area contributed by atoms with E-state index < -0.39 is 12.8 Å². The number of hydrogen-bond donors (Lipinski definition) is 2. The second-order valence-corrected chi connectivity index (χ2v) is 6.24. The summed E-state index contributed by atoms with van der Waals surface area (Å²) in [6.07, 6.45) is -4.42. The third-order valence-electron chi connectivity index (χ3n) is 4.03. The molecule has 0 spiro atoms. The fraction of sp³-hybridized carbons (Fsp3) is 0.381. The molecule has 0 unspecified atom stereocenters. The zero-order valence-electron chi connectivity index (χ0n) is 18.2. The fourth-order valence-electron chi connectivity index (χ4n) is 2.63. The van der Waals surface area contributed by atoms with Gasteiger partial charge in [-0.3, -0.25) is 4.99 Å². The average Bonchev–Trinajstić information content (AvgIpc) is 2.75. The first-order valence-electron chi connectivity index (χ1n) is 9.44. The summed E-state index contributed by atoms with van der Waals surface area (Å²) in [5, 5.41) is 6.28. The van der Waals surface area contributed by atoms with Crippen LogP contribution in [-0.4, -0.2) is 46.6 Å². The van der Waals surface area contributed by atoms with E-state index in [9.17, 15) is 13.2 Å². The topological polar surface area (TPSA) is 73.3 Å². The average molecular weight is 569 g/mol. The number of hydrogen-bond acceptors (Lipinski definition) is 5. The lowest BCUT2D eigenvalue weighted by Crippen LogP contribution is -2.30. The second kappa shape index (κ2) is 13.1. The van der Waals surface area contributed by atoms with Gasteiger partial charge in [0.1, 0.15) is 0 Å². The number of nitrogens with zero attached hydrogens (tertiary/aromatic N) is 1. The summed E-state index contributed by atoms with van der Waals surface area (Å²) in [4.78, 5) is 4.17. The minimum Gasteiger partial charge on any atom is -0.493 e. The normalized spacial score (nSPS) is 11.3. The van der Waals surface area contributed by atoms with Crippen molar-refractivity contribution in [2.45, 2.75) is 19.6 Å². The molecule has 0 saturated heterocycles. The molecule has 0 radical (unpaired) electrons. The molecule has 0 heterocycles. The van der Waals surface area contributed by atoms with E-state index in [1.165, 1.54) is 13.2 Å². The largest absolute Gasteiger partial charge is 0.493 e. The molecule has 0 aliphatic carbocycles. The molecule has 0 fully saturated rings. The van der Waals surface area contributed by atoms with Crippen molar-refractivity contribution in [2.24, 2.45) is 4.99 Å². The molecule has 0 bridgehead atoms. The molecule has 0 atom stereocenters. The van der Waals surface area contributed by atoms with Gasteiger partial charge in [-0.25, -0.2) is 0 Å². The van der Waals surface area contributed by atoms with Crippen LogP contribution >= 0.6 is 24.0 Å². The van der Waals surface area contributed by atoms with Gasteiger partial charge in [-0.1, -0.05) is 6.07 Å². The van der Waals surface area contributed by atoms with E-state index in [4.69, 9.17) is 18.9 Å². The Kier molecular flexibility index (Phi) is 11.2. The Balaban J connectivity index is 0.00000512. The summed E-state index contributed by atoms with van der Waals surface area (Å²) in [6.45, 7) is 1.35. The van der Waals surface area contributed by atoms with Crippen molar-refractivity contribution in [1.29, 1.82) is 0 Å². The van der Waals surface area contributed by atoms with Gasteiger partial charge in [0.15, 0.2) is 35.6 Å². The number of anilines is 1. The highest BCUT2D eigenvalue weighted by molar-refractivity contribution is 14.0. The van der Waals surface area contributed by atoms with Crippen LogP contribution in [0, 0.1) is 0 Å². The fourth-order valence-corrected chi connectivity index (χ4v) is 2.63. The monoisotopic (exact) mass is 569 g/mol. The number of methoxy groups -OCH3 is 2. The van der Waals surface area contributed by atoms with E-state index in [1.54, 1.807) is 38.4 Å². The number of guanidine groups is 1. The van der Waals surface area contributed by atoms with Crippen molar-refractivity contribution < 1.29 is 32.1 Å². The summed E-state index contributed by atoms with van der Waals surface area (Å²) < 4.78 is 57.9. The van der Waals surface area contributed by atoms with Gasteiger partial charge in [-0.15, -0.1) is 24.0 Å². The second-order valence-electron chi connectivity index (χ2n) is 6.24. The lowest BCUT2D eigenvalue weighted by atomic mass is 10.2. The summed E-state index contributed by atoms with van der Waals surface area (Å²) in [6, 6.07) is 10.1. The first kappa shape index (κ1) is 27.5. The lowest BCUT2D eigenvalue weighted by molar-refractivity contribution is -0.153. The number of halogens is 4. The highest BCUT2D eigenvalue weighted by Gasteiger charge is 2.29. The molecule has 0 aliphatic rings. The van der Waals surface area contributed by atoms with Gasteiger partial charge in [-0.2, -0.15) is 13.2 Å². The van der Waals surface area contributed by atoms with Crippen LogP contribution in [0.1, 0.15) is 12.5 Å². The number of aliphatic imine (C=N–C) groups is 1. The van der Waals surface area contributed by atoms with Crippen molar-refractivity contribution in [3.05, 3.63) is 42.0 Å². The van der Waals surface area contributed by atoms with Gasteiger partial charge in [0, 0.05) is 25.3 Å². The summed E-state index contributed by atoms with van der Waals surface area (Å²) in [5.41, 5.74) is 1.51. The molecule has 2 aromatic rings. The number of alkyl halides is 3. The number of ether oxygens (including phenoxy) is 4. The summed E-state index contributed by atoms with van der Waals surface area (Å²) >= 11 is 0. The molecule has 0 saturated carbocycles. The van der Waals surface area contributed by atoms with Gasteiger partial charge in [-0.05, 0) is 36.8 Å². The van der Waals surface area contributed by atoms with Crippen LogP contribution in [0.15, 0.2) is 41.4 Å². The van der Waals surface area contributed by atoms with Crippen molar-refractivity contribution in [3.8, 4) is 23.0 Å². The van der Waals surface area contributed by atoms with Crippen molar-refractivity contribution in [1.82, 2.24) is 5.32 Å². The molecule has 0 aromatic heterocycles. The Morgan fingerprint density at radius 3 is 2.22 bits per heavy atom. The van der Waals surface area contributed by atoms with Gasteiger partial charge < -0.3 is 29.6 Å². The predicted octanol–water partition coefficient (Wildman–Crippen LogP) is 4.85. The van der Waals surface area contributed by atoms with Crippen LogP contribution in [0.3, 0.4) is 0 Å². The molecular formula is C21H27F3IN3O4. The van der Waals surface area contributed by atoms with Gasteiger partial charge in [0.2, 0.25) is 0 Å². The number of benzene rings is 2. The molecule has 0 amide bonds. The summed E-state index contributed by atoms with van der Waals surface area (Å²) in [5.74, 6) is 1.94. The van der Waals surface area contributed by atoms with E-state index in [1.807, 2.05) is 13.0 Å². The first-order chi connectivity index (χ1) is 14.8. The third kappa shape index (κ3) is 8.52. The van der Waals surface area contributed by atoms with Crippen LogP contribution in [-0.2, 0) is 6.54 Å². The van der Waals surface area contributed by atoms with Crippen LogP contribution in [0.2, 0.25) is 0 Å². The Labute approximate surface area is 202 Å². The molecule has 178 valence electrons. The first-order valence-corrected chi connectivity index (χ1v) is 9.44. The summed E-state index contributed by atoms with van der Waals surface area (Å²) in [7, 11) is 4.56. The van der Waals surface area contributed by atoms with Gasteiger partial charge >= 0.3 is 6.18 Å². The smallest absolute Gasteiger partial charge is 0.422 e. The molecule has 2 aromatic carbocycles. The number of rotatable bonds is 9. The molecule has 2 rings (SSSR count). The van der Waals surface area contributed by atoms with E-state index >= 15 is 0 Å². The Bertz CT molecular complexity index is 895. The van der Waals surface area contributed by atoms with Gasteiger partial charge in [0.25, 0.3) is 0 Å². The van der Waals surface area contributed by atoms with Crippen LogP contribution in [0.4, 0.5) is 18.9 Å². The third-order valence-corrected chi connectivity index (χ3v) is 4.03. The van der Waals surface area contributed by atoms with E-state index in [0.717, 1.165) is 11.3 Å². The lowest BCUT2D eigenvalue weighted by Gasteiger charge is -2.16. The minimum atomic E-state index is -4.42. The molecule has 11 heteroatoms. The molecule has 32 heavy (non-hydrogen) atoms. The Hall–Kier alpha value is -2.57. The van der Waals surface area contributed by atoms with E-state index in [-0.39, 0.29) is 35.5 Å². The number of nitrogens with one attached hydrogen (secondary N) is 2. The Morgan fingerprint density at radius 2 is 1.62 bits per heavy atom. The SMILES string of the molecule is CCOc1cc(NC(=NC)NCc2ccc(OCC(F)(F)F)c(OC)c2)ccc1OC.I. The highest BCUT2D eigenvalue weighted by Crippen LogP contribution is 2.31. The van der Waals surface area contributed by atoms with Crippen molar-refractivity contribution >= 4 is 35.6 Å². The predicted molar refractivity (Wildman–Crippen MR) is 128 cm³/mol. The minimum absolute atomic E-state index is 0. The van der Waals surface area contributed by atoms with E-state index in [2.05, 4.69) is 15.6 Å².